The number of amides is 3. The molecule has 0 spiro atoms. The second kappa shape index (κ2) is 8.63. The quantitative estimate of drug-likeness (QED) is 0.722. The van der Waals surface area contributed by atoms with Crippen molar-refractivity contribution < 1.29 is 19.5 Å². The molecule has 1 atom stereocenters. The van der Waals surface area contributed by atoms with E-state index in [1.54, 1.807) is 11.8 Å². The highest BCUT2D eigenvalue weighted by molar-refractivity contribution is 5.92. The number of carbonyl (C=O) groups is 3. The average molecular weight is 387 g/mol. The molecule has 2 aliphatic rings. The van der Waals surface area contributed by atoms with E-state index in [1.165, 1.54) is 6.42 Å². The van der Waals surface area contributed by atoms with Gasteiger partial charge in [0.2, 0.25) is 5.91 Å². The molecule has 7 heteroatoms. The lowest BCUT2D eigenvalue weighted by atomic mass is 9.88. The third-order valence-electron chi connectivity index (χ3n) is 5.89. The number of hydrogen-bond acceptors (Lipinski definition) is 3. The van der Waals surface area contributed by atoms with Gasteiger partial charge in [0.05, 0.1) is 5.41 Å². The number of nitrogens with one attached hydrogen (secondary N) is 2. The maximum absolute atomic E-state index is 12.4. The largest absolute Gasteiger partial charge is 0.481 e. The molecule has 0 bridgehead atoms. The second-order valence-corrected chi connectivity index (χ2v) is 8.22. The highest BCUT2D eigenvalue weighted by Crippen LogP contribution is 2.30. The zero-order valence-corrected chi connectivity index (χ0v) is 16.4. The van der Waals surface area contributed by atoms with Crippen LogP contribution in [-0.2, 0) is 16.1 Å². The van der Waals surface area contributed by atoms with Gasteiger partial charge in [0.15, 0.2) is 0 Å². The Morgan fingerprint density at radius 3 is 2.64 bits per heavy atom. The number of anilines is 1. The van der Waals surface area contributed by atoms with Crippen LogP contribution in [0.5, 0.6) is 0 Å². The zero-order chi connectivity index (χ0) is 20.1. The summed E-state index contributed by atoms with van der Waals surface area (Å²) in [6.07, 6.45) is 5.79. The molecule has 28 heavy (non-hydrogen) atoms. The molecule has 3 amide bonds. The summed E-state index contributed by atoms with van der Waals surface area (Å²) >= 11 is 0. The Balaban J connectivity index is 1.51. The molecular formula is C21H29N3O4. The van der Waals surface area contributed by atoms with E-state index in [9.17, 15) is 19.5 Å². The van der Waals surface area contributed by atoms with E-state index in [0.717, 1.165) is 36.9 Å². The summed E-state index contributed by atoms with van der Waals surface area (Å²) in [5.74, 6) is -0.703. The van der Waals surface area contributed by atoms with E-state index in [-0.39, 0.29) is 24.4 Å². The Labute approximate surface area is 165 Å². The lowest BCUT2D eigenvalue weighted by molar-refractivity contribution is -0.147. The van der Waals surface area contributed by atoms with Crippen LogP contribution < -0.4 is 10.6 Å². The molecule has 1 heterocycles. The molecule has 1 saturated heterocycles. The van der Waals surface area contributed by atoms with Crippen molar-refractivity contribution >= 4 is 23.6 Å². The average Bonchev–Trinajstić information content (AvgIpc) is 3.11. The molecule has 152 valence electrons. The second-order valence-electron chi connectivity index (χ2n) is 8.22. The molecular weight excluding hydrogens is 358 g/mol. The van der Waals surface area contributed by atoms with E-state index in [1.807, 2.05) is 24.3 Å². The van der Waals surface area contributed by atoms with Crippen molar-refractivity contribution in [2.75, 3.05) is 18.4 Å². The Hall–Kier alpha value is -2.57. The number of likely N-dealkylation sites (tertiary alicyclic amines) is 1. The minimum atomic E-state index is -0.874. The molecule has 3 N–H and O–H groups in total. The van der Waals surface area contributed by atoms with Gasteiger partial charge >= 0.3 is 12.0 Å². The number of urea groups is 1. The van der Waals surface area contributed by atoms with Crippen LogP contribution >= 0.6 is 0 Å². The lowest BCUT2D eigenvalue weighted by Gasteiger charge is -2.21. The summed E-state index contributed by atoms with van der Waals surface area (Å²) in [7, 11) is 0. The van der Waals surface area contributed by atoms with Gasteiger partial charge in [-0.05, 0) is 43.9 Å². The van der Waals surface area contributed by atoms with Crippen LogP contribution in [0.2, 0.25) is 0 Å². The standard InChI is InChI=1S/C21H29N3O4/c1-21(19(26)27)10-11-24(14-21)20(28)22-13-15-6-5-9-17(12-15)23-18(25)16-7-3-2-4-8-16/h5-6,9,12,16H,2-4,7-8,10-11,13-14H2,1H3,(H,22,28)(H,23,25)(H,26,27). The Morgan fingerprint density at radius 1 is 1.21 bits per heavy atom. The summed E-state index contributed by atoms with van der Waals surface area (Å²) in [4.78, 5) is 37.6. The molecule has 1 aromatic carbocycles. The fourth-order valence-corrected chi connectivity index (χ4v) is 3.97. The molecule has 3 rings (SSSR count). The monoisotopic (exact) mass is 387 g/mol. The Morgan fingerprint density at radius 2 is 1.96 bits per heavy atom. The van der Waals surface area contributed by atoms with Crippen LogP contribution in [-0.4, -0.2) is 41.0 Å². The van der Waals surface area contributed by atoms with Crippen molar-refractivity contribution in [3.63, 3.8) is 0 Å². The van der Waals surface area contributed by atoms with Crippen LogP contribution in [0.15, 0.2) is 24.3 Å². The van der Waals surface area contributed by atoms with Crippen molar-refractivity contribution in [2.45, 2.75) is 52.0 Å². The molecule has 1 unspecified atom stereocenters. The van der Waals surface area contributed by atoms with Crippen molar-refractivity contribution in [1.29, 1.82) is 0 Å². The number of aliphatic carboxylic acids is 1. The minimum absolute atomic E-state index is 0.0749. The summed E-state index contributed by atoms with van der Waals surface area (Å²) in [6.45, 7) is 2.64. The van der Waals surface area contributed by atoms with Crippen LogP contribution in [0.3, 0.4) is 0 Å². The van der Waals surface area contributed by atoms with E-state index in [4.69, 9.17) is 0 Å². The van der Waals surface area contributed by atoms with Crippen molar-refractivity contribution in [3.8, 4) is 0 Å². The summed E-state index contributed by atoms with van der Waals surface area (Å²) < 4.78 is 0. The minimum Gasteiger partial charge on any atom is -0.481 e. The number of carboxylic acids is 1. The maximum Gasteiger partial charge on any atom is 0.317 e. The smallest absolute Gasteiger partial charge is 0.317 e. The molecule has 7 nitrogen and oxygen atoms in total. The first-order valence-electron chi connectivity index (χ1n) is 10.0. The van der Waals surface area contributed by atoms with Gasteiger partial charge in [-0.1, -0.05) is 31.4 Å². The zero-order valence-electron chi connectivity index (χ0n) is 16.4. The van der Waals surface area contributed by atoms with Crippen molar-refractivity contribution in [1.82, 2.24) is 10.2 Å². The Bertz CT molecular complexity index is 745. The predicted molar refractivity (Wildman–Crippen MR) is 106 cm³/mol. The highest BCUT2D eigenvalue weighted by atomic mass is 16.4. The van der Waals surface area contributed by atoms with Gasteiger partial charge in [-0.15, -0.1) is 0 Å². The maximum atomic E-state index is 12.4. The Kier molecular flexibility index (Phi) is 6.21. The number of benzene rings is 1. The SMILES string of the molecule is CC1(C(=O)O)CCN(C(=O)NCc2cccc(NC(=O)C3CCCCC3)c2)C1. The van der Waals surface area contributed by atoms with Crippen molar-refractivity contribution in [3.05, 3.63) is 29.8 Å². The van der Waals surface area contributed by atoms with Crippen LogP contribution in [0.1, 0.15) is 51.0 Å². The van der Waals surface area contributed by atoms with E-state index >= 15 is 0 Å². The van der Waals surface area contributed by atoms with Crippen LogP contribution in [0.4, 0.5) is 10.5 Å². The van der Waals surface area contributed by atoms with Gasteiger partial charge in [-0.25, -0.2) is 4.79 Å². The number of carboxylic acid groups (broad SMARTS) is 1. The molecule has 1 aromatic rings. The topological polar surface area (TPSA) is 98.7 Å². The van der Waals surface area contributed by atoms with Crippen LogP contribution in [0, 0.1) is 11.3 Å². The van der Waals surface area contributed by atoms with E-state index in [0.29, 0.717) is 19.5 Å². The highest BCUT2D eigenvalue weighted by Gasteiger charge is 2.42. The van der Waals surface area contributed by atoms with Gasteiger partial charge in [0.25, 0.3) is 0 Å². The van der Waals surface area contributed by atoms with Crippen LogP contribution in [0.25, 0.3) is 0 Å². The number of hydrogen-bond donors (Lipinski definition) is 3. The lowest BCUT2D eigenvalue weighted by Crippen LogP contribution is -2.40. The molecule has 0 aromatic heterocycles. The summed E-state index contributed by atoms with van der Waals surface area (Å²) in [6, 6.07) is 7.20. The molecule has 1 aliphatic carbocycles. The molecule has 1 saturated carbocycles. The first-order valence-corrected chi connectivity index (χ1v) is 10.0. The third kappa shape index (κ3) is 4.82. The first-order chi connectivity index (χ1) is 13.4. The number of rotatable bonds is 5. The van der Waals surface area contributed by atoms with Gasteiger partial charge < -0.3 is 20.6 Å². The van der Waals surface area contributed by atoms with Gasteiger partial charge in [-0.2, -0.15) is 0 Å². The summed E-state index contributed by atoms with van der Waals surface area (Å²) in [5.41, 5.74) is 0.748. The van der Waals surface area contributed by atoms with Gasteiger partial charge in [0.1, 0.15) is 0 Å². The fraction of sp³-hybridized carbons (Fsp3) is 0.571. The van der Waals surface area contributed by atoms with Gasteiger partial charge in [-0.3, -0.25) is 9.59 Å². The summed E-state index contributed by atoms with van der Waals surface area (Å²) in [5, 5.41) is 15.1. The first kappa shape index (κ1) is 20.2. The fourth-order valence-electron chi connectivity index (χ4n) is 3.97. The number of carbonyl (C=O) groups excluding carboxylic acids is 2. The molecule has 2 fully saturated rings. The molecule has 0 radical (unpaired) electrons. The number of nitrogens with zero attached hydrogens (tertiary/aromatic N) is 1. The van der Waals surface area contributed by atoms with Crippen molar-refractivity contribution in [2.24, 2.45) is 11.3 Å². The van der Waals surface area contributed by atoms with E-state index in [2.05, 4.69) is 10.6 Å². The molecule has 1 aliphatic heterocycles. The third-order valence-corrected chi connectivity index (χ3v) is 5.89. The normalized spacial score (nSPS) is 22.7. The van der Waals surface area contributed by atoms with Gasteiger partial charge in [0, 0.05) is 31.2 Å². The van der Waals surface area contributed by atoms with E-state index < -0.39 is 11.4 Å². The predicted octanol–water partition coefficient (Wildman–Crippen LogP) is 3.21.